The fraction of sp³-hybridized carbons (Fsp3) is 0.615. The van der Waals surface area contributed by atoms with Gasteiger partial charge in [0.1, 0.15) is 5.69 Å². The van der Waals surface area contributed by atoms with E-state index in [1.54, 1.807) is 0 Å². The molecule has 1 aliphatic rings. The van der Waals surface area contributed by atoms with Crippen molar-refractivity contribution in [3.63, 3.8) is 0 Å². The molecule has 1 aromatic rings. The summed E-state index contributed by atoms with van der Waals surface area (Å²) in [5.41, 5.74) is -0.816. The van der Waals surface area contributed by atoms with E-state index in [-0.39, 0.29) is 6.10 Å². The third-order valence-corrected chi connectivity index (χ3v) is 3.58. The number of hydrogen-bond acceptors (Lipinski definition) is 3. The van der Waals surface area contributed by atoms with Crippen LogP contribution in [0, 0.1) is 23.5 Å². The second kappa shape index (κ2) is 6.39. The number of halogens is 4. The van der Waals surface area contributed by atoms with Gasteiger partial charge in [-0.05, 0) is 12.8 Å². The van der Waals surface area contributed by atoms with E-state index in [2.05, 4.69) is 10.3 Å². The van der Waals surface area contributed by atoms with E-state index >= 15 is 0 Å². The number of methoxy groups -OCH3 is 1. The van der Waals surface area contributed by atoms with Gasteiger partial charge in [0.15, 0.2) is 0 Å². The molecule has 7 heteroatoms. The van der Waals surface area contributed by atoms with Gasteiger partial charge in [-0.25, -0.2) is 0 Å². The Kier molecular flexibility index (Phi) is 4.80. The number of pyridine rings is 1. The van der Waals surface area contributed by atoms with Crippen molar-refractivity contribution in [3.8, 4) is 0 Å². The standard InChI is InChI=1S/C13H16F4N2O/c1-20-8-6-4-2-3-5-7(8)18-11-9(14)12(16)19-13(17)10(11)15/h7-8H,2-6H2,1H3,(H,18,19). The van der Waals surface area contributed by atoms with Gasteiger partial charge in [0.05, 0.1) is 12.1 Å². The van der Waals surface area contributed by atoms with Gasteiger partial charge in [-0.3, -0.25) is 0 Å². The summed E-state index contributed by atoms with van der Waals surface area (Å²) in [5, 5.41) is 2.55. The minimum absolute atomic E-state index is 0.254. The zero-order chi connectivity index (χ0) is 14.7. The summed E-state index contributed by atoms with van der Waals surface area (Å²) in [6.07, 6.45) is 3.88. The normalized spacial score (nSPS) is 23.4. The molecule has 1 saturated carbocycles. The van der Waals surface area contributed by atoms with Gasteiger partial charge < -0.3 is 10.1 Å². The number of rotatable bonds is 3. The highest BCUT2D eigenvalue weighted by Crippen LogP contribution is 2.27. The van der Waals surface area contributed by atoms with Crippen LogP contribution in [0.2, 0.25) is 0 Å². The third-order valence-electron chi connectivity index (χ3n) is 3.58. The Labute approximate surface area is 114 Å². The van der Waals surface area contributed by atoms with Crippen LogP contribution in [0.4, 0.5) is 23.2 Å². The topological polar surface area (TPSA) is 34.1 Å². The van der Waals surface area contributed by atoms with E-state index in [9.17, 15) is 17.6 Å². The lowest BCUT2D eigenvalue weighted by Gasteiger charge is -2.26. The van der Waals surface area contributed by atoms with Crippen LogP contribution in [0.5, 0.6) is 0 Å². The number of aromatic nitrogens is 1. The van der Waals surface area contributed by atoms with Gasteiger partial charge in [0.2, 0.25) is 11.6 Å². The zero-order valence-corrected chi connectivity index (χ0v) is 11.1. The predicted octanol–water partition coefficient (Wildman–Crippen LogP) is 3.40. The van der Waals surface area contributed by atoms with Crippen molar-refractivity contribution >= 4 is 5.69 Å². The zero-order valence-electron chi connectivity index (χ0n) is 11.1. The van der Waals surface area contributed by atoms with E-state index in [1.807, 2.05) is 0 Å². The highest BCUT2D eigenvalue weighted by atomic mass is 19.2. The number of nitrogens with one attached hydrogen (secondary N) is 1. The smallest absolute Gasteiger partial charge is 0.253 e. The second-order valence-electron chi connectivity index (χ2n) is 4.86. The van der Waals surface area contributed by atoms with Gasteiger partial charge in [0, 0.05) is 7.11 Å². The molecule has 20 heavy (non-hydrogen) atoms. The molecule has 2 rings (SSSR count). The average molecular weight is 292 g/mol. The highest BCUT2D eigenvalue weighted by molar-refractivity contribution is 5.46. The van der Waals surface area contributed by atoms with Crippen LogP contribution in [-0.4, -0.2) is 24.2 Å². The number of nitrogens with zero attached hydrogens (tertiary/aromatic N) is 1. The molecule has 0 saturated heterocycles. The Morgan fingerprint density at radius 2 is 1.60 bits per heavy atom. The summed E-state index contributed by atoms with van der Waals surface area (Å²) in [6, 6.07) is -0.396. The van der Waals surface area contributed by atoms with Gasteiger partial charge in [-0.1, -0.05) is 19.3 Å². The molecular formula is C13H16F4N2O. The number of anilines is 1. The molecule has 2 atom stereocenters. The van der Waals surface area contributed by atoms with Crippen molar-refractivity contribution in [2.75, 3.05) is 12.4 Å². The predicted molar refractivity (Wildman–Crippen MR) is 65.4 cm³/mol. The van der Waals surface area contributed by atoms with Gasteiger partial charge in [0.25, 0.3) is 11.9 Å². The molecule has 1 aliphatic carbocycles. The molecule has 0 bridgehead atoms. The van der Waals surface area contributed by atoms with E-state index in [0.29, 0.717) is 6.42 Å². The summed E-state index contributed by atoms with van der Waals surface area (Å²) >= 11 is 0. The monoisotopic (exact) mass is 292 g/mol. The van der Waals surface area contributed by atoms with Crippen LogP contribution in [-0.2, 0) is 4.74 Å². The summed E-state index contributed by atoms with van der Waals surface area (Å²) in [5.74, 6) is -6.34. The SMILES string of the molecule is COC1CCCCCC1Nc1c(F)c(F)nc(F)c1F. The lowest BCUT2D eigenvalue weighted by atomic mass is 10.1. The van der Waals surface area contributed by atoms with Crippen molar-refractivity contribution in [1.82, 2.24) is 4.98 Å². The third kappa shape index (κ3) is 3.03. The maximum absolute atomic E-state index is 13.6. The second-order valence-corrected chi connectivity index (χ2v) is 4.86. The van der Waals surface area contributed by atoms with Crippen molar-refractivity contribution in [3.05, 3.63) is 23.5 Å². The molecule has 0 amide bonds. The van der Waals surface area contributed by atoms with E-state index < -0.39 is 35.3 Å². The fourth-order valence-electron chi connectivity index (χ4n) is 2.52. The fourth-order valence-corrected chi connectivity index (χ4v) is 2.52. The molecule has 0 radical (unpaired) electrons. The Morgan fingerprint density at radius 3 is 2.20 bits per heavy atom. The maximum atomic E-state index is 13.6. The first-order valence-electron chi connectivity index (χ1n) is 6.54. The van der Waals surface area contributed by atoms with Crippen molar-refractivity contribution in [2.45, 2.75) is 44.2 Å². The largest absolute Gasteiger partial charge is 0.379 e. The first kappa shape index (κ1) is 15.0. The minimum Gasteiger partial charge on any atom is -0.379 e. The van der Waals surface area contributed by atoms with Crippen LogP contribution >= 0.6 is 0 Å². The summed E-state index contributed by atoms with van der Waals surface area (Å²) in [4.78, 5) is 2.53. The van der Waals surface area contributed by atoms with Gasteiger partial charge >= 0.3 is 0 Å². The Bertz CT molecular complexity index is 458. The molecule has 112 valence electrons. The number of hydrogen-bond donors (Lipinski definition) is 1. The summed E-state index contributed by atoms with van der Waals surface area (Å²) < 4.78 is 58.6. The lowest BCUT2D eigenvalue weighted by Crippen LogP contribution is -2.35. The molecule has 0 aliphatic heterocycles. The lowest BCUT2D eigenvalue weighted by molar-refractivity contribution is 0.0804. The van der Waals surface area contributed by atoms with Crippen LogP contribution in [0.3, 0.4) is 0 Å². The van der Waals surface area contributed by atoms with Crippen molar-refractivity contribution in [2.24, 2.45) is 0 Å². The maximum Gasteiger partial charge on any atom is 0.253 e. The van der Waals surface area contributed by atoms with Crippen molar-refractivity contribution < 1.29 is 22.3 Å². The quantitative estimate of drug-likeness (QED) is 0.527. The summed E-state index contributed by atoms with van der Waals surface area (Å²) in [7, 11) is 1.51. The molecule has 0 aromatic carbocycles. The molecule has 3 nitrogen and oxygen atoms in total. The Balaban J connectivity index is 2.28. The van der Waals surface area contributed by atoms with E-state index in [0.717, 1.165) is 25.7 Å². The van der Waals surface area contributed by atoms with Crippen LogP contribution in [0.1, 0.15) is 32.1 Å². The Hall–Kier alpha value is -1.37. The molecule has 2 unspecified atom stereocenters. The molecule has 1 N–H and O–H groups in total. The first-order valence-corrected chi connectivity index (χ1v) is 6.54. The van der Waals surface area contributed by atoms with Gasteiger partial charge in [-0.15, -0.1) is 0 Å². The molecule has 1 fully saturated rings. The molecule has 0 spiro atoms. The van der Waals surface area contributed by atoms with Crippen LogP contribution < -0.4 is 5.32 Å². The first-order chi connectivity index (χ1) is 9.54. The highest BCUT2D eigenvalue weighted by Gasteiger charge is 2.28. The van der Waals surface area contributed by atoms with Crippen LogP contribution in [0.25, 0.3) is 0 Å². The number of ether oxygens (including phenoxy) is 1. The minimum atomic E-state index is -1.66. The van der Waals surface area contributed by atoms with E-state index in [1.165, 1.54) is 7.11 Å². The van der Waals surface area contributed by atoms with Gasteiger partial charge in [-0.2, -0.15) is 22.5 Å². The summed E-state index contributed by atoms with van der Waals surface area (Å²) in [6.45, 7) is 0. The Morgan fingerprint density at radius 1 is 1.00 bits per heavy atom. The van der Waals surface area contributed by atoms with Crippen LogP contribution in [0.15, 0.2) is 0 Å². The van der Waals surface area contributed by atoms with Crippen molar-refractivity contribution in [1.29, 1.82) is 0 Å². The molecule has 1 heterocycles. The molecular weight excluding hydrogens is 276 g/mol. The average Bonchev–Trinajstić information content (AvgIpc) is 2.66. The molecule has 1 aromatic heterocycles. The van der Waals surface area contributed by atoms with E-state index in [4.69, 9.17) is 4.74 Å².